The molecule has 4 nitrogen and oxygen atoms in total. The van der Waals surface area contributed by atoms with Crippen LogP contribution in [0.15, 0.2) is 0 Å². The fourth-order valence-corrected chi connectivity index (χ4v) is 2.46. The van der Waals surface area contributed by atoms with Crippen molar-refractivity contribution in [1.29, 1.82) is 5.26 Å². The minimum atomic E-state index is 0.0258. The average molecular weight is 265 g/mol. The second kappa shape index (κ2) is 8.16. The predicted octanol–water partition coefficient (Wildman–Crippen LogP) is 2.26. The van der Waals surface area contributed by atoms with Crippen LogP contribution in [0, 0.1) is 17.2 Å². The van der Waals surface area contributed by atoms with Gasteiger partial charge in [-0.05, 0) is 18.8 Å². The van der Waals surface area contributed by atoms with Crippen LogP contribution in [0.25, 0.3) is 0 Å². The van der Waals surface area contributed by atoms with Gasteiger partial charge in [-0.1, -0.05) is 27.2 Å². The fraction of sp³-hybridized carbons (Fsp3) is 0.867. The minimum Gasteiger partial charge on any atom is -0.340 e. The Morgan fingerprint density at radius 2 is 1.84 bits per heavy atom. The van der Waals surface area contributed by atoms with E-state index >= 15 is 0 Å². The molecular formula is C15H27N3O. The van der Waals surface area contributed by atoms with Crippen LogP contribution >= 0.6 is 0 Å². The molecule has 4 heteroatoms. The van der Waals surface area contributed by atoms with Crippen molar-refractivity contribution in [2.45, 2.75) is 52.5 Å². The highest BCUT2D eigenvalue weighted by atomic mass is 16.2. The molecule has 0 saturated carbocycles. The summed E-state index contributed by atoms with van der Waals surface area (Å²) >= 11 is 0. The van der Waals surface area contributed by atoms with E-state index in [9.17, 15) is 4.79 Å². The van der Waals surface area contributed by atoms with Crippen molar-refractivity contribution in [3.05, 3.63) is 0 Å². The molecule has 1 heterocycles. The van der Waals surface area contributed by atoms with Gasteiger partial charge in [-0.25, -0.2) is 0 Å². The molecule has 0 aromatic rings. The van der Waals surface area contributed by atoms with Gasteiger partial charge in [-0.2, -0.15) is 5.26 Å². The number of nitriles is 1. The van der Waals surface area contributed by atoms with E-state index in [1.165, 1.54) is 0 Å². The smallest absolute Gasteiger partial charge is 0.222 e. The number of hydrogen-bond acceptors (Lipinski definition) is 3. The van der Waals surface area contributed by atoms with E-state index in [1.807, 2.05) is 4.90 Å². The van der Waals surface area contributed by atoms with Gasteiger partial charge in [-0.15, -0.1) is 0 Å². The highest BCUT2D eigenvalue weighted by Crippen LogP contribution is 2.13. The molecule has 1 fully saturated rings. The van der Waals surface area contributed by atoms with E-state index in [-0.39, 0.29) is 11.9 Å². The molecule has 1 aliphatic rings. The van der Waals surface area contributed by atoms with Crippen molar-refractivity contribution in [2.75, 3.05) is 26.2 Å². The lowest BCUT2D eigenvalue weighted by atomic mass is 10.1. The number of rotatable bonds is 6. The first-order valence-corrected chi connectivity index (χ1v) is 7.49. The Morgan fingerprint density at radius 1 is 1.21 bits per heavy atom. The Labute approximate surface area is 117 Å². The van der Waals surface area contributed by atoms with Crippen LogP contribution < -0.4 is 0 Å². The Morgan fingerprint density at radius 3 is 2.32 bits per heavy atom. The Hall–Kier alpha value is -1.08. The topological polar surface area (TPSA) is 47.3 Å². The lowest BCUT2D eigenvalue weighted by molar-refractivity contribution is -0.133. The Bertz CT molecular complexity index is 314. The lowest BCUT2D eigenvalue weighted by Crippen LogP contribution is -2.51. The summed E-state index contributed by atoms with van der Waals surface area (Å²) in [7, 11) is 0. The third-order valence-electron chi connectivity index (χ3n) is 3.75. The number of hydrogen-bond donors (Lipinski definition) is 0. The summed E-state index contributed by atoms with van der Waals surface area (Å²) in [6.07, 6.45) is 3.59. The summed E-state index contributed by atoms with van der Waals surface area (Å²) in [5.41, 5.74) is 0. The first-order chi connectivity index (χ1) is 9.08. The molecule has 0 N–H and O–H groups in total. The van der Waals surface area contributed by atoms with Gasteiger partial charge in [0, 0.05) is 32.6 Å². The maximum Gasteiger partial charge on any atom is 0.222 e. The summed E-state index contributed by atoms with van der Waals surface area (Å²) in [6.45, 7) is 9.63. The van der Waals surface area contributed by atoms with Crippen LogP contribution in [0.1, 0.15) is 46.5 Å². The Kier molecular flexibility index (Phi) is 6.86. The second-order valence-corrected chi connectivity index (χ2v) is 5.78. The molecule has 0 spiro atoms. The van der Waals surface area contributed by atoms with E-state index in [0.29, 0.717) is 12.3 Å². The number of nitrogens with zero attached hydrogens (tertiary/aromatic N) is 3. The van der Waals surface area contributed by atoms with Crippen LogP contribution in [-0.4, -0.2) is 47.9 Å². The molecule has 108 valence electrons. The van der Waals surface area contributed by atoms with E-state index in [2.05, 4.69) is 31.7 Å². The molecule has 0 aromatic carbocycles. The zero-order chi connectivity index (χ0) is 14.3. The third kappa shape index (κ3) is 5.20. The van der Waals surface area contributed by atoms with Crippen LogP contribution in [0.4, 0.5) is 0 Å². The summed E-state index contributed by atoms with van der Waals surface area (Å²) in [5.74, 6) is 0.857. The first-order valence-electron chi connectivity index (χ1n) is 7.49. The number of carbonyl (C=O) groups excluding carboxylic acids is 1. The largest absolute Gasteiger partial charge is 0.340 e. The summed E-state index contributed by atoms with van der Waals surface area (Å²) in [6, 6.07) is 2.41. The van der Waals surface area contributed by atoms with Crippen molar-refractivity contribution in [3.8, 4) is 6.07 Å². The van der Waals surface area contributed by atoms with Gasteiger partial charge < -0.3 is 4.90 Å². The molecule has 1 rings (SSSR count). The zero-order valence-electron chi connectivity index (χ0n) is 12.6. The van der Waals surface area contributed by atoms with Crippen LogP contribution in [-0.2, 0) is 4.79 Å². The standard InChI is InChI=1S/C15H27N3O/c1-4-5-14(12-16)17-8-10-18(11-9-17)15(19)7-6-13(2)3/h13-14H,4-11H2,1-3H3. The van der Waals surface area contributed by atoms with E-state index in [1.54, 1.807) is 0 Å². The molecule has 1 unspecified atom stereocenters. The van der Waals surface area contributed by atoms with Crippen molar-refractivity contribution < 1.29 is 4.79 Å². The molecule has 19 heavy (non-hydrogen) atoms. The fourth-order valence-electron chi connectivity index (χ4n) is 2.46. The maximum atomic E-state index is 12.0. The molecule has 1 saturated heterocycles. The molecule has 0 aliphatic carbocycles. The highest BCUT2D eigenvalue weighted by molar-refractivity contribution is 5.76. The monoisotopic (exact) mass is 265 g/mol. The Balaban J connectivity index is 2.36. The average Bonchev–Trinajstić information content (AvgIpc) is 2.42. The molecule has 1 aliphatic heterocycles. The van der Waals surface area contributed by atoms with Gasteiger partial charge in [0.05, 0.1) is 12.1 Å². The second-order valence-electron chi connectivity index (χ2n) is 5.78. The number of piperazine rings is 1. The van der Waals surface area contributed by atoms with E-state index in [4.69, 9.17) is 5.26 Å². The molecular weight excluding hydrogens is 238 g/mol. The quantitative estimate of drug-likeness (QED) is 0.740. The van der Waals surface area contributed by atoms with Crippen molar-refractivity contribution in [1.82, 2.24) is 9.80 Å². The molecule has 0 aromatic heterocycles. The highest BCUT2D eigenvalue weighted by Gasteiger charge is 2.25. The third-order valence-corrected chi connectivity index (χ3v) is 3.75. The summed E-state index contributed by atoms with van der Waals surface area (Å²) < 4.78 is 0. The zero-order valence-corrected chi connectivity index (χ0v) is 12.6. The van der Waals surface area contributed by atoms with Gasteiger partial charge in [0.1, 0.15) is 0 Å². The van der Waals surface area contributed by atoms with Crippen molar-refractivity contribution >= 4 is 5.91 Å². The van der Waals surface area contributed by atoms with E-state index in [0.717, 1.165) is 45.4 Å². The van der Waals surface area contributed by atoms with Crippen LogP contribution in [0.2, 0.25) is 0 Å². The first kappa shape index (κ1) is 16.0. The molecule has 1 amide bonds. The van der Waals surface area contributed by atoms with Crippen LogP contribution in [0.3, 0.4) is 0 Å². The maximum absolute atomic E-state index is 12.0. The van der Waals surface area contributed by atoms with E-state index < -0.39 is 0 Å². The number of amides is 1. The molecule has 0 radical (unpaired) electrons. The minimum absolute atomic E-state index is 0.0258. The lowest BCUT2D eigenvalue weighted by Gasteiger charge is -2.37. The molecule has 1 atom stereocenters. The van der Waals surface area contributed by atoms with Gasteiger partial charge in [0.25, 0.3) is 0 Å². The SMILES string of the molecule is CCCC(C#N)N1CCN(C(=O)CCC(C)C)CC1. The number of carbonyl (C=O) groups is 1. The van der Waals surface area contributed by atoms with Gasteiger partial charge in [-0.3, -0.25) is 9.69 Å². The van der Waals surface area contributed by atoms with Gasteiger partial charge in [0.15, 0.2) is 0 Å². The van der Waals surface area contributed by atoms with Crippen molar-refractivity contribution in [3.63, 3.8) is 0 Å². The summed E-state index contributed by atoms with van der Waals surface area (Å²) in [5, 5.41) is 9.16. The molecule has 0 bridgehead atoms. The summed E-state index contributed by atoms with van der Waals surface area (Å²) in [4.78, 5) is 16.2. The van der Waals surface area contributed by atoms with Gasteiger partial charge >= 0.3 is 0 Å². The normalized spacial score (nSPS) is 18.4. The van der Waals surface area contributed by atoms with Crippen molar-refractivity contribution in [2.24, 2.45) is 5.92 Å². The predicted molar refractivity (Wildman–Crippen MR) is 76.5 cm³/mol. The van der Waals surface area contributed by atoms with Gasteiger partial charge in [0.2, 0.25) is 5.91 Å². The van der Waals surface area contributed by atoms with Crippen LogP contribution in [0.5, 0.6) is 0 Å².